The maximum absolute atomic E-state index is 14.7. The molecule has 0 bridgehead atoms. The number of benzene rings is 2. The second-order valence-electron chi connectivity index (χ2n) is 6.01. The number of anilines is 1. The summed E-state index contributed by atoms with van der Waals surface area (Å²) in [6.45, 7) is -0.936. The number of ether oxygens (including phenoxy) is 1. The van der Waals surface area contributed by atoms with Crippen molar-refractivity contribution in [2.45, 2.75) is 17.9 Å². The van der Waals surface area contributed by atoms with Gasteiger partial charge >= 0.3 is 5.97 Å². The van der Waals surface area contributed by atoms with Crippen LogP contribution in [0.15, 0.2) is 46.9 Å². The lowest BCUT2D eigenvalue weighted by Crippen LogP contribution is -2.49. The number of aliphatic hydroxyl groups is 1. The van der Waals surface area contributed by atoms with Gasteiger partial charge in [0.05, 0.1) is 5.56 Å². The summed E-state index contributed by atoms with van der Waals surface area (Å²) in [7, 11) is 0. The number of alkyl halides is 2. The van der Waals surface area contributed by atoms with Gasteiger partial charge in [-0.15, -0.1) is 0 Å². The highest BCUT2D eigenvalue weighted by atomic mass is 79.9. The van der Waals surface area contributed by atoms with E-state index in [-0.39, 0.29) is 22.7 Å². The van der Waals surface area contributed by atoms with Crippen LogP contribution in [-0.2, 0) is 10.3 Å². The quantitative estimate of drug-likeness (QED) is 0.677. The largest absolute Gasteiger partial charge is 0.458 e. The number of carbonyl (C=O) groups excluding carboxylic acids is 1. The molecule has 8 heteroatoms. The molecule has 0 amide bonds. The number of hydrogen-bond acceptors (Lipinski definition) is 4. The molecule has 0 fully saturated rings. The minimum Gasteiger partial charge on any atom is -0.458 e. The summed E-state index contributed by atoms with van der Waals surface area (Å²) < 4.78 is 35.2. The van der Waals surface area contributed by atoms with Gasteiger partial charge in [-0.25, -0.2) is 13.6 Å². The molecule has 2 aromatic rings. The fourth-order valence-corrected chi connectivity index (χ4v) is 3.23. The van der Waals surface area contributed by atoms with E-state index in [0.717, 1.165) is 4.47 Å². The summed E-state index contributed by atoms with van der Waals surface area (Å²) in [4.78, 5) is 12.2. The van der Waals surface area contributed by atoms with Gasteiger partial charge in [0.15, 0.2) is 5.60 Å². The highest BCUT2D eigenvalue weighted by molar-refractivity contribution is 9.10. The van der Waals surface area contributed by atoms with E-state index in [2.05, 4.69) is 21.2 Å². The van der Waals surface area contributed by atoms with Gasteiger partial charge in [-0.1, -0.05) is 27.5 Å². The maximum atomic E-state index is 14.7. The molecule has 1 aliphatic heterocycles. The van der Waals surface area contributed by atoms with Crippen molar-refractivity contribution in [3.8, 4) is 0 Å². The van der Waals surface area contributed by atoms with Crippen molar-refractivity contribution in [3.05, 3.63) is 63.1 Å². The van der Waals surface area contributed by atoms with E-state index < -0.39 is 30.5 Å². The van der Waals surface area contributed by atoms with Crippen molar-refractivity contribution in [1.82, 2.24) is 0 Å². The Balaban J connectivity index is 1.91. The molecule has 1 aliphatic rings. The summed E-state index contributed by atoms with van der Waals surface area (Å²) in [5.41, 5.74) is -2.27. The molecule has 2 aromatic carbocycles. The third-order valence-electron chi connectivity index (χ3n) is 4.28. The molecule has 0 unspecified atom stereocenters. The Kier molecular flexibility index (Phi) is 5.23. The Labute approximate surface area is 162 Å². The van der Waals surface area contributed by atoms with Crippen LogP contribution < -0.4 is 5.32 Å². The normalized spacial score (nSPS) is 21.3. The van der Waals surface area contributed by atoms with E-state index in [1.807, 2.05) is 0 Å². The molecule has 4 nitrogen and oxygen atoms in total. The van der Waals surface area contributed by atoms with Gasteiger partial charge in [-0.3, -0.25) is 0 Å². The first-order valence-electron chi connectivity index (χ1n) is 7.80. The van der Waals surface area contributed by atoms with Gasteiger partial charge in [0.25, 0.3) is 5.92 Å². The second-order valence-corrected chi connectivity index (χ2v) is 7.37. The van der Waals surface area contributed by atoms with Crippen LogP contribution in [0.1, 0.15) is 22.3 Å². The van der Waals surface area contributed by atoms with Crippen molar-refractivity contribution in [3.63, 3.8) is 0 Å². The van der Waals surface area contributed by atoms with E-state index in [0.29, 0.717) is 5.69 Å². The van der Waals surface area contributed by atoms with E-state index in [1.54, 1.807) is 12.1 Å². The second kappa shape index (κ2) is 7.13. The lowest BCUT2D eigenvalue weighted by atomic mass is 9.86. The van der Waals surface area contributed by atoms with Crippen molar-refractivity contribution < 1.29 is 23.4 Å². The minimum absolute atomic E-state index is 0.0371. The number of carbonyl (C=O) groups is 1. The van der Waals surface area contributed by atoms with Gasteiger partial charge in [0.2, 0.25) is 0 Å². The minimum atomic E-state index is -3.52. The lowest BCUT2D eigenvalue weighted by molar-refractivity contribution is -0.205. The first-order chi connectivity index (χ1) is 12.2. The van der Waals surface area contributed by atoms with Gasteiger partial charge < -0.3 is 15.2 Å². The number of hydrogen-bond donors (Lipinski definition) is 2. The zero-order valence-electron chi connectivity index (χ0n) is 13.4. The molecular weight excluding hydrogens is 432 g/mol. The number of halogens is 4. The summed E-state index contributed by atoms with van der Waals surface area (Å²) in [5, 5.41) is 13.9. The fraction of sp³-hybridized carbons (Fsp3) is 0.278. The van der Waals surface area contributed by atoms with Crippen molar-refractivity contribution in [1.29, 1.82) is 0 Å². The van der Waals surface area contributed by atoms with Crippen LogP contribution in [0.25, 0.3) is 0 Å². The van der Waals surface area contributed by atoms with Crippen LogP contribution in [0.3, 0.4) is 0 Å². The van der Waals surface area contributed by atoms with Crippen LogP contribution in [0, 0.1) is 0 Å². The average molecular weight is 447 g/mol. The standard InChI is InChI=1S/C18H15BrClF2NO3/c19-12-3-1-11(2-4-12)16(24)26-10-17(25)14-9-13(20)5-6-15(14)23-8-7-18(17,21)22/h1-6,9,23,25H,7-8,10H2/t17-/m0/s1. The Morgan fingerprint density at radius 1 is 1.27 bits per heavy atom. The van der Waals surface area contributed by atoms with Crippen LogP contribution in [0.4, 0.5) is 14.5 Å². The molecule has 1 atom stereocenters. The summed E-state index contributed by atoms with van der Waals surface area (Å²) in [6, 6.07) is 10.6. The summed E-state index contributed by atoms with van der Waals surface area (Å²) >= 11 is 9.17. The predicted molar refractivity (Wildman–Crippen MR) is 97.8 cm³/mol. The zero-order valence-corrected chi connectivity index (χ0v) is 15.8. The average Bonchev–Trinajstić information content (AvgIpc) is 2.69. The van der Waals surface area contributed by atoms with Crippen LogP contribution in [0.2, 0.25) is 5.02 Å². The van der Waals surface area contributed by atoms with Crippen LogP contribution >= 0.6 is 27.5 Å². The monoisotopic (exact) mass is 445 g/mol. The molecule has 0 spiro atoms. The zero-order chi connectivity index (χ0) is 18.9. The van der Waals surface area contributed by atoms with Gasteiger partial charge in [0.1, 0.15) is 6.61 Å². The number of fused-ring (bicyclic) bond motifs is 1. The maximum Gasteiger partial charge on any atom is 0.338 e. The van der Waals surface area contributed by atoms with Crippen molar-refractivity contribution in [2.24, 2.45) is 0 Å². The molecule has 26 heavy (non-hydrogen) atoms. The Hall–Kier alpha value is -1.70. The molecule has 138 valence electrons. The molecule has 0 aromatic heterocycles. The van der Waals surface area contributed by atoms with Gasteiger partial charge in [-0.05, 0) is 42.5 Å². The highest BCUT2D eigenvalue weighted by Crippen LogP contribution is 2.46. The lowest BCUT2D eigenvalue weighted by Gasteiger charge is -2.34. The number of esters is 1. The number of nitrogens with one attached hydrogen (secondary N) is 1. The van der Waals surface area contributed by atoms with Crippen LogP contribution in [-0.4, -0.2) is 30.2 Å². The summed E-state index contributed by atoms with van der Waals surface area (Å²) in [5.74, 6) is -4.32. The van der Waals surface area contributed by atoms with Crippen LogP contribution in [0.5, 0.6) is 0 Å². The Bertz CT molecular complexity index is 832. The fourth-order valence-electron chi connectivity index (χ4n) is 2.79. The van der Waals surface area contributed by atoms with E-state index in [4.69, 9.17) is 16.3 Å². The molecular formula is C18H15BrClF2NO3. The first kappa shape index (κ1) is 19.1. The molecule has 3 rings (SSSR count). The molecule has 0 radical (unpaired) electrons. The highest BCUT2D eigenvalue weighted by Gasteiger charge is 2.56. The topological polar surface area (TPSA) is 58.6 Å². The molecule has 2 N–H and O–H groups in total. The predicted octanol–water partition coefficient (Wildman–Crippen LogP) is 4.60. The van der Waals surface area contributed by atoms with E-state index >= 15 is 0 Å². The van der Waals surface area contributed by atoms with E-state index in [9.17, 15) is 18.7 Å². The molecule has 1 heterocycles. The third-order valence-corrected chi connectivity index (χ3v) is 5.04. The van der Waals surface area contributed by atoms with Crippen molar-refractivity contribution in [2.75, 3.05) is 18.5 Å². The summed E-state index contributed by atoms with van der Waals surface area (Å²) in [6.07, 6.45) is -0.619. The smallest absolute Gasteiger partial charge is 0.338 e. The number of rotatable bonds is 3. The molecule has 0 saturated carbocycles. The Morgan fingerprint density at radius 3 is 2.65 bits per heavy atom. The SMILES string of the molecule is O=C(OC[C@]1(O)c2cc(Cl)ccc2NCCC1(F)F)c1ccc(Br)cc1. The Morgan fingerprint density at radius 2 is 1.96 bits per heavy atom. The first-order valence-corrected chi connectivity index (χ1v) is 8.97. The van der Waals surface area contributed by atoms with E-state index in [1.165, 1.54) is 30.3 Å². The third kappa shape index (κ3) is 3.56. The van der Waals surface area contributed by atoms with Crippen molar-refractivity contribution >= 4 is 39.2 Å². The van der Waals surface area contributed by atoms with Gasteiger partial charge in [0, 0.05) is 33.7 Å². The molecule has 0 saturated heterocycles. The van der Waals surface area contributed by atoms with Gasteiger partial charge in [-0.2, -0.15) is 0 Å². The molecule has 0 aliphatic carbocycles.